The van der Waals surface area contributed by atoms with E-state index in [9.17, 15) is 9.90 Å². The lowest BCUT2D eigenvalue weighted by atomic mass is 10.0. The molecule has 2 rings (SSSR count). The number of methoxy groups -OCH3 is 1. The number of likely N-dealkylation sites (tertiary alicyclic amines) is 1. The van der Waals surface area contributed by atoms with Gasteiger partial charge in [0.05, 0.1) is 7.11 Å². The Balaban J connectivity index is 1.89. The minimum Gasteiger partial charge on any atom is -0.504 e. The molecule has 0 atom stereocenters. The number of aromatic hydroxyl groups is 1. The summed E-state index contributed by atoms with van der Waals surface area (Å²) in [6.45, 7) is 5.39. The summed E-state index contributed by atoms with van der Waals surface area (Å²) in [5.74, 6) is 0.226. The number of nitrogens with zero attached hydrogens (tertiary/aromatic N) is 1. The Morgan fingerprint density at radius 3 is 2.71 bits per heavy atom. The number of carbonyl (C=O) groups excluding carboxylic acids is 1. The van der Waals surface area contributed by atoms with Crippen LogP contribution in [0.2, 0.25) is 0 Å². The Morgan fingerprint density at radius 1 is 1.43 bits per heavy atom. The van der Waals surface area contributed by atoms with Crippen molar-refractivity contribution in [3.8, 4) is 11.5 Å². The molecule has 0 bridgehead atoms. The molecular weight excluding hydrogens is 268 g/mol. The molecule has 1 aromatic rings. The molecule has 0 saturated carbocycles. The van der Waals surface area contributed by atoms with Crippen LogP contribution in [0.3, 0.4) is 0 Å². The van der Waals surface area contributed by atoms with E-state index in [1.807, 2.05) is 0 Å². The molecule has 5 nitrogen and oxygen atoms in total. The number of ether oxygens (including phenoxy) is 1. The zero-order valence-corrected chi connectivity index (χ0v) is 12.8. The van der Waals surface area contributed by atoms with Crippen molar-refractivity contribution in [2.45, 2.75) is 32.2 Å². The molecule has 21 heavy (non-hydrogen) atoms. The summed E-state index contributed by atoms with van der Waals surface area (Å²) in [4.78, 5) is 14.6. The summed E-state index contributed by atoms with van der Waals surface area (Å²) in [6, 6.07) is 4.93. The summed E-state index contributed by atoms with van der Waals surface area (Å²) in [7, 11) is 1.48. The maximum atomic E-state index is 12.2. The monoisotopic (exact) mass is 292 g/mol. The quantitative estimate of drug-likeness (QED) is 0.871. The molecule has 1 fully saturated rings. The highest BCUT2D eigenvalue weighted by Crippen LogP contribution is 2.26. The molecule has 1 aliphatic rings. The van der Waals surface area contributed by atoms with E-state index in [4.69, 9.17) is 4.74 Å². The van der Waals surface area contributed by atoms with Gasteiger partial charge < -0.3 is 20.1 Å². The van der Waals surface area contributed by atoms with Crippen LogP contribution in [0.4, 0.5) is 0 Å². The van der Waals surface area contributed by atoms with Crippen LogP contribution >= 0.6 is 0 Å². The molecule has 1 aliphatic heterocycles. The van der Waals surface area contributed by atoms with E-state index in [0.29, 0.717) is 11.3 Å². The predicted molar refractivity (Wildman–Crippen MR) is 81.9 cm³/mol. The van der Waals surface area contributed by atoms with Crippen LogP contribution in [0, 0.1) is 0 Å². The van der Waals surface area contributed by atoms with Gasteiger partial charge in [0.2, 0.25) is 0 Å². The van der Waals surface area contributed by atoms with Gasteiger partial charge in [-0.15, -0.1) is 0 Å². The van der Waals surface area contributed by atoms with Crippen molar-refractivity contribution in [1.82, 2.24) is 10.2 Å². The topological polar surface area (TPSA) is 61.8 Å². The van der Waals surface area contributed by atoms with Crippen LogP contribution in [0.5, 0.6) is 11.5 Å². The van der Waals surface area contributed by atoms with Crippen LogP contribution < -0.4 is 10.1 Å². The van der Waals surface area contributed by atoms with E-state index in [0.717, 1.165) is 32.5 Å². The average Bonchev–Trinajstić information content (AvgIpc) is 2.49. The first kappa shape index (κ1) is 15.6. The first-order chi connectivity index (χ1) is 10.1. The van der Waals surface area contributed by atoms with Gasteiger partial charge in [-0.2, -0.15) is 0 Å². The number of hydrogen-bond acceptors (Lipinski definition) is 4. The van der Waals surface area contributed by atoms with Gasteiger partial charge in [0.1, 0.15) is 0 Å². The number of piperidine rings is 1. The molecule has 0 spiro atoms. The number of nitrogens with one attached hydrogen (secondary N) is 1. The van der Waals surface area contributed by atoms with Crippen LogP contribution in [0.25, 0.3) is 0 Å². The number of phenolic OH excluding ortho intramolecular Hbond substituents is 1. The van der Waals surface area contributed by atoms with Gasteiger partial charge in [-0.1, -0.05) is 6.92 Å². The molecule has 0 unspecified atom stereocenters. The third-order valence-electron chi connectivity index (χ3n) is 3.90. The molecule has 5 heteroatoms. The number of benzene rings is 1. The fourth-order valence-corrected chi connectivity index (χ4v) is 2.72. The summed E-state index contributed by atoms with van der Waals surface area (Å²) in [6.07, 6.45) is 3.13. The number of phenols is 1. The van der Waals surface area contributed by atoms with Gasteiger partial charge >= 0.3 is 0 Å². The van der Waals surface area contributed by atoms with E-state index < -0.39 is 0 Å². The van der Waals surface area contributed by atoms with Crippen molar-refractivity contribution >= 4 is 5.91 Å². The van der Waals surface area contributed by atoms with Crippen molar-refractivity contribution in [3.63, 3.8) is 0 Å². The molecule has 116 valence electrons. The van der Waals surface area contributed by atoms with Crippen molar-refractivity contribution in [1.29, 1.82) is 0 Å². The smallest absolute Gasteiger partial charge is 0.251 e. The Labute approximate surface area is 125 Å². The van der Waals surface area contributed by atoms with E-state index in [2.05, 4.69) is 17.1 Å². The van der Waals surface area contributed by atoms with Crippen LogP contribution in [0.15, 0.2) is 18.2 Å². The van der Waals surface area contributed by atoms with E-state index in [1.54, 1.807) is 12.1 Å². The normalized spacial score (nSPS) is 16.7. The van der Waals surface area contributed by atoms with E-state index in [1.165, 1.54) is 19.6 Å². The first-order valence-electron chi connectivity index (χ1n) is 7.54. The lowest BCUT2D eigenvalue weighted by Crippen LogP contribution is -2.44. The van der Waals surface area contributed by atoms with Gasteiger partial charge in [-0.25, -0.2) is 0 Å². The Morgan fingerprint density at radius 2 is 2.14 bits per heavy atom. The van der Waals surface area contributed by atoms with Crippen LogP contribution in [0.1, 0.15) is 36.5 Å². The molecule has 0 radical (unpaired) electrons. The second kappa shape index (κ2) is 7.31. The van der Waals surface area contributed by atoms with Crippen molar-refractivity contribution in [3.05, 3.63) is 23.8 Å². The molecule has 0 aromatic heterocycles. The maximum absolute atomic E-state index is 12.2. The summed E-state index contributed by atoms with van der Waals surface area (Å²) in [5.41, 5.74) is 0.462. The second-order valence-electron chi connectivity index (χ2n) is 5.48. The number of amides is 1. The number of rotatable bonds is 5. The number of hydrogen-bond donors (Lipinski definition) is 2. The maximum Gasteiger partial charge on any atom is 0.251 e. The first-order valence-corrected chi connectivity index (χ1v) is 7.54. The predicted octanol–water partition coefficient (Wildman–Crippen LogP) is 2.00. The fraction of sp³-hybridized carbons (Fsp3) is 0.562. The fourth-order valence-electron chi connectivity index (χ4n) is 2.72. The van der Waals surface area contributed by atoms with Crippen molar-refractivity contribution in [2.75, 3.05) is 26.7 Å². The van der Waals surface area contributed by atoms with E-state index in [-0.39, 0.29) is 17.7 Å². The highest BCUT2D eigenvalue weighted by atomic mass is 16.5. The SMILES string of the molecule is CCCN1CCC(NC(=O)c2ccc(OC)c(O)c2)CC1. The van der Waals surface area contributed by atoms with Gasteiger partial charge in [0, 0.05) is 24.7 Å². The molecule has 0 aliphatic carbocycles. The third-order valence-corrected chi connectivity index (χ3v) is 3.90. The molecule has 1 heterocycles. The zero-order chi connectivity index (χ0) is 15.2. The lowest BCUT2D eigenvalue weighted by Gasteiger charge is -2.32. The molecule has 1 saturated heterocycles. The Bertz CT molecular complexity index is 482. The Hall–Kier alpha value is -1.75. The summed E-state index contributed by atoms with van der Waals surface area (Å²) >= 11 is 0. The minimum atomic E-state index is -0.137. The van der Waals surface area contributed by atoms with E-state index >= 15 is 0 Å². The highest BCUT2D eigenvalue weighted by Gasteiger charge is 2.21. The molecule has 1 aromatic carbocycles. The average molecular weight is 292 g/mol. The van der Waals surface area contributed by atoms with Gasteiger partial charge in [-0.3, -0.25) is 4.79 Å². The van der Waals surface area contributed by atoms with Crippen LogP contribution in [-0.4, -0.2) is 48.7 Å². The summed E-state index contributed by atoms with van der Waals surface area (Å²) in [5, 5.41) is 12.8. The van der Waals surface area contributed by atoms with Gasteiger partial charge in [0.15, 0.2) is 11.5 Å². The standard InChI is InChI=1S/C16H24N2O3/c1-3-8-18-9-6-13(7-10-18)17-16(20)12-4-5-15(21-2)14(19)11-12/h4-5,11,13,19H,3,6-10H2,1-2H3,(H,17,20). The minimum absolute atomic E-state index is 0.0112. The molecule has 1 amide bonds. The van der Waals surface area contributed by atoms with Crippen molar-refractivity contribution in [2.24, 2.45) is 0 Å². The third kappa shape index (κ3) is 4.11. The highest BCUT2D eigenvalue weighted by molar-refractivity contribution is 5.95. The van der Waals surface area contributed by atoms with Crippen molar-refractivity contribution < 1.29 is 14.6 Å². The molecular formula is C16H24N2O3. The largest absolute Gasteiger partial charge is 0.504 e. The zero-order valence-electron chi connectivity index (χ0n) is 12.8. The van der Waals surface area contributed by atoms with Crippen LogP contribution in [-0.2, 0) is 0 Å². The lowest BCUT2D eigenvalue weighted by molar-refractivity contribution is 0.0910. The molecule has 2 N–H and O–H groups in total. The van der Waals surface area contributed by atoms with Gasteiger partial charge in [-0.05, 0) is 44.0 Å². The summed E-state index contributed by atoms with van der Waals surface area (Å²) < 4.78 is 4.98. The Kier molecular flexibility index (Phi) is 5.44. The van der Waals surface area contributed by atoms with Gasteiger partial charge in [0.25, 0.3) is 5.91 Å². The number of carbonyl (C=O) groups is 1. The second-order valence-corrected chi connectivity index (χ2v) is 5.48.